The first-order valence-electron chi connectivity index (χ1n) is 9.42. The van der Waals surface area contributed by atoms with Crippen LogP contribution in [-0.4, -0.2) is 14.5 Å². The van der Waals surface area contributed by atoms with Crippen LogP contribution in [0.5, 0.6) is 0 Å². The van der Waals surface area contributed by atoms with Crippen molar-refractivity contribution < 1.29 is 8.78 Å². The van der Waals surface area contributed by atoms with E-state index in [1.807, 2.05) is 32.0 Å². The number of nitrogens with one attached hydrogen (secondary N) is 1. The highest BCUT2D eigenvalue weighted by Gasteiger charge is 2.25. The van der Waals surface area contributed by atoms with Crippen LogP contribution in [0.1, 0.15) is 54.8 Å². The minimum Gasteiger partial charge on any atom is -0.299 e. The Morgan fingerprint density at radius 3 is 2.54 bits per heavy atom. The number of benzene rings is 1. The molecule has 146 valence electrons. The Balaban J connectivity index is 2.08. The van der Waals surface area contributed by atoms with Crippen molar-refractivity contribution in [2.45, 2.75) is 52.0 Å². The van der Waals surface area contributed by atoms with Crippen LogP contribution in [-0.2, 0) is 0 Å². The molecule has 7 heteroatoms. The molecule has 4 rings (SSSR count). The fraction of sp³-hybridized carbons (Fsp3) is 0.381. The molecular formula is C21H21F2N3OS. The van der Waals surface area contributed by atoms with Crippen molar-refractivity contribution in [1.29, 1.82) is 0 Å². The smallest absolute Gasteiger partial charge is 0.264 e. The van der Waals surface area contributed by atoms with Gasteiger partial charge in [-0.3, -0.25) is 14.3 Å². The number of alkyl halides is 2. The molecule has 1 aliphatic carbocycles. The minimum absolute atomic E-state index is 0.0666. The number of halogens is 2. The maximum Gasteiger partial charge on any atom is 0.264 e. The number of hydrogen-bond acceptors (Lipinski definition) is 3. The third kappa shape index (κ3) is 3.17. The quantitative estimate of drug-likeness (QED) is 0.565. The number of rotatable bonds is 3. The average Bonchev–Trinajstić information content (AvgIpc) is 3.17. The van der Waals surface area contributed by atoms with Crippen molar-refractivity contribution in [2.75, 3.05) is 0 Å². The van der Waals surface area contributed by atoms with Gasteiger partial charge in [0.1, 0.15) is 5.65 Å². The van der Waals surface area contributed by atoms with Gasteiger partial charge in [-0.1, -0.05) is 25.0 Å². The van der Waals surface area contributed by atoms with Crippen LogP contribution in [0.3, 0.4) is 0 Å². The van der Waals surface area contributed by atoms with Crippen LogP contribution in [0, 0.1) is 18.6 Å². The van der Waals surface area contributed by atoms with E-state index in [1.165, 1.54) is 6.07 Å². The highest BCUT2D eigenvalue weighted by atomic mass is 32.1. The Hall–Kier alpha value is -2.41. The zero-order valence-corrected chi connectivity index (χ0v) is 16.6. The molecule has 1 aromatic carbocycles. The second-order valence-corrected chi connectivity index (χ2v) is 7.85. The zero-order valence-electron chi connectivity index (χ0n) is 15.8. The number of fused-ring (bicyclic) bond motifs is 1. The predicted octanol–water partition coefficient (Wildman–Crippen LogP) is 5.79. The third-order valence-corrected chi connectivity index (χ3v) is 5.95. The van der Waals surface area contributed by atoms with Gasteiger partial charge in [0, 0.05) is 17.2 Å². The molecule has 0 saturated heterocycles. The van der Waals surface area contributed by atoms with Crippen molar-refractivity contribution in [3.63, 3.8) is 0 Å². The maximum atomic E-state index is 13.9. The van der Waals surface area contributed by atoms with Gasteiger partial charge in [0.25, 0.3) is 12.0 Å². The van der Waals surface area contributed by atoms with Crippen LogP contribution < -0.4 is 5.56 Å². The molecule has 28 heavy (non-hydrogen) atoms. The molecule has 0 unspecified atom stereocenters. The molecular weight excluding hydrogens is 380 g/mol. The Morgan fingerprint density at radius 2 is 1.89 bits per heavy atom. The standard InChI is InChI=1S/C21H21F2N3OS/c1-11-7-8-13(9-12(11)2)16-10-15(18(22)23)17-19(24-16)26(14-5-3-4-6-14)21(28)25-20(17)27/h7-10,14,18H,3-6H2,1-2H3,(H,25,27,28). The number of H-pyrrole nitrogens is 1. The lowest BCUT2D eigenvalue weighted by atomic mass is 10.0. The lowest BCUT2D eigenvalue weighted by Gasteiger charge is -2.19. The number of pyridine rings is 1. The van der Waals surface area contributed by atoms with E-state index in [4.69, 9.17) is 12.2 Å². The summed E-state index contributed by atoms with van der Waals surface area (Å²) in [5.74, 6) is 0. The van der Waals surface area contributed by atoms with E-state index < -0.39 is 12.0 Å². The summed E-state index contributed by atoms with van der Waals surface area (Å²) in [7, 11) is 0. The summed E-state index contributed by atoms with van der Waals surface area (Å²) in [6, 6.07) is 7.14. The Kier molecular flexibility index (Phi) is 4.87. The van der Waals surface area contributed by atoms with Crippen molar-refractivity contribution in [1.82, 2.24) is 14.5 Å². The summed E-state index contributed by atoms with van der Waals surface area (Å²) in [6.07, 6.45) is 1.10. The van der Waals surface area contributed by atoms with E-state index in [2.05, 4.69) is 9.97 Å². The first kappa shape index (κ1) is 18.9. The summed E-state index contributed by atoms with van der Waals surface area (Å²) in [5.41, 5.74) is 2.69. The summed E-state index contributed by atoms with van der Waals surface area (Å²) in [6.45, 7) is 3.97. The van der Waals surface area contributed by atoms with Gasteiger partial charge in [-0.2, -0.15) is 0 Å². The second-order valence-electron chi connectivity index (χ2n) is 7.46. The van der Waals surface area contributed by atoms with E-state index in [0.29, 0.717) is 5.69 Å². The van der Waals surface area contributed by atoms with E-state index in [9.17, 15) is 13.6 Å². The number of aromatic nitrogens is 3. The van der Waals surface area contributed by atoms with Gasteiger partial charge in [-0.15, -0.1) is 0 Å². The molecule has 1 aliphatic rings. The van der Waals surface area contributed by atoms with Gasteiger partial charge in [0.15, 0.2) is 4.77 Å². The fourth-order valence-corrected chi connectivity index (χ4v) is 4.32. The molecule has 2 heterocycles. The largest absolute Gasteiger partial charge is 0.299 e. The molecule has 3 aromatic rings. The highest BCUT2D eigenvalue weighted by molar-refractivity contribution is 7.71. The van der Waals surface area contributed by atoms with Gasteiger partial charge in [-0.25, -0.2) is 13.8 Å². The second kappa shape index (κ2) is 7.20. The van der Waals surface area contributed by atoms with Gasteiger partial charge in [0.05, 0.1) is 11.1 Å². The number of aromatic amines is 1. The molecule has 1 saturated carbocycles. The Labute approximate surface area is 166 Å². The van der Waals surface area contributed by atoms with Crippen molar-refractivity contribution in [3.05, 3.63) is 56.1 Å². The van der Waals surface area contributed by atoms with Crippen molar-refractivity contribution >= 4 is 23.3 Å². The first-order valence-corrected chi connectivity index (χ1v) is 9.83. The molecule has 2 aromatic heterocycles. The molecule has 1 fully saturated rings. The Morgan fingerprint density at radius 1 is 1.18 bits per heavy atom. The molecule has 4 nitrogen and oxygen atoms in total. The van der Waals surface area contributed by atoms with E-state index in [1.54, 1.807) is 4.57 Å². The normalized spacial score (nSPS) is 15.0. The van der Waals surface area contributed by atoms with Crippen LogP contribution in [0.4, 0.5) is 8.78 Å². The van der Waals surface area contributed by atoms with E-state index >= 15 is 0 Å². The molecule has 0 radical (unpaired) electrons. The van der Waals surface area contributed by atoms with Gasteiger partial charge in [-0.05, 0) is 62.2 Å². The predicted molar refractivity (Wildman–Crippen MR) is 109 cm³/mol. The third-order valence-electron chi connectivity index (χ3n) is 5.65. The van der Waals surface area contributed by atoms with Crippen molar-refractivity contribution in [3.8, 4) is 11.3 Å². The van der Waals surface area contributed by atoms with E-state index in [0.717, 1.165) is 42.4 Å². The summed E-state index contributed by atoms with van der Waals surface area (Å²) in [4.78, 5) is 19.8. The molecule has 0 aliphatic heterocycles. The highest BCUT2D eigenvalue weighted by Crippen LogP contribution is 2.35. The average molecular weight is 401 g/mol. The molecule has 1 N–H and O–H groups in total. The van der Waals surface area contributed by atoms with E-state index in [-0.39, 0.29) is 27.4 Å². The topological polar surface area (TPSA) is 50.7 Å². The summed E-state index contributed by atoms with van der Waals surface area (Å²) in [5, 5.41) is -0.0666. The minimum atomic E-state index is -2.79. The molecule has 0 atom stereocenters. The van der Waals surface area contributed by atoms with Crippen LogP contribution in [0.25, 0.3) is 22.3 Å². The Bertz CT molecular complexity index is 1180. The van der Waals surface area contributed by atoms with Gasteiger partial charge >= 0.3 is 0 Å². The van der Waals surface area contributed by atoms with Crippen LogP contribution in [0.15, 0.2) is 29.1 Å². The SMILES string of the molecule is Cc1ccc(-c2cc(C(F)F)c3c(=O)[nH]c(=S)n(C4CCCC4)c3n2)cc1C. The molecule has 0 spiro atoms. The van der Waals surface area contributed by atoms with Gasteiger partial charge < -0.3 is 0 Å². The fourth-order valence-electron chi connectivity index (χ4n) is 4.00. The molecule has 0 bridgehead atoms. The van der Waals surface area contributed by atoms with Crippen LogP contribution in [0.2, 0.25) is 0 Å². The maximum absolute atomic E-state index is 13.9. The lowest BCUT2D eigenvalue weighted by molar-refractivity contribution is 0.153. The zero-order chi connectivity index (χ0) is 20.0. The van der Waals surface area contributed by atoms with Crippen molar-refractivity contribution in [2.24, 2.45) is 0 Å². The van der Waals surface area contributed by atoms with Gasteiger partial charge in [0.2, 0.25) is 0 Å². The first-order chi connectivity index (χ1) is 13.4. The summed E-state index contributed by atoms with van der Waals surface area (Å²) >= 11 is 5.39. The van der Waals surface area contributed by atoms with Crippen LogP contribution >= 0.6 is 12.2 Å². The number of nitrogens with zero attached hydrogens (tertiary/aromatic N) is 2. The lowest BCUT2D eigenvalue weighted by Crippen LogP contribution is -2.20. The number of aryl methyl sites for hydroxylation is 2. The molecule has 0 amide bonds. The monoisotopic (exact) mass is 401 g/mol. The summed E-state index contributed by atoms with van der Waals surface area (Å²) < 4.78 is 29.8. The number of hydrogen-bond donors (Lipinski definition) is 1.